The fourth-order valence-electron chi connectivity index (χ4n) is 5.39. The molecule has 2 aliphatic rings. The Kier molecular flexibility index (Phi) is 7.83. The van der Waals surface area contributed by atoms with Crippen molar-refractivity contribution in [1.29, 1.82) is 0 Å². The number of amides is 1. The summed E-state index contributed by atoms with van der Waals surface area (Å²) in [6.07, 6.45) is 0.820. The molecule has 9 heteroatoms. The molecule has 1 heterocycles. The third kappa shape index (κ3) is 5.70. The van der Waals surface area contributed by atoms with Crippen molar-refractivity contribution < 1.29 is 28.2 Å². The molecule has 4 rings (SSSR count). The van der Waals surface area contributed by atoms with Gasteiger partial charge in [0.2, 0.25) is 0 Å². The summed E-state index contributed by atoms with van der Waals surface area (Å²) in [6.45, 7) is 2.13. The largest absolute Gasteiger partial charge is 0.416 e. The number of rotatable bonds is 5. The molecule has 4 unspecified atom stereocenters. The number of benzene rings is 1. The van der Waals surface area contributed by atoms with Crippen molar-refractivity contribution in [2.45, 2.75) is 89.3 Å². The highest BCUT2D eigenvalue weighted by Crippen LogP contribution is 2.38. The van der Waals surface area contributed by atoms with Crippen molar-refractivity contribution in [3.05, 3.63) is 46.1 Å². The zero-order valence-electron chi connectivity index (χ0n) is 19.7. The highest BCUT2D eigenvalue weighted by atomic mass is 35.5. The Labute approximate surface area is 208 Å². The fraction of sp³-hybridized carbons (Fsp3) is 0.577. The Morgan fingerprint density at radius 3 is 2.37 bits per heavy atom. The number of aliphatic hydroxyl groups excluding tert-OH is 2. The lowest BCUT2D eigenvalue weighted by atomic mass is 9.86. The summed E-state index contributed by atoms with van der Waals surface area (Å²) in [5.74, 6) is -0.449. The zero-order valence-corrected chi connectivity index (χ0v) is 20.5. The van der Waals surface area contributed by atoms with Gasteiger partial charge in [-0.2, -0.15) is 13.2 Å². The van der Waals surface area contributed by atoms with Crippen molar-refractivity contribution in [3.63, 3.8) is 0 Å². The highest BCUT2D eigenvalue weighted by molar-refractivity contribution is 6.33. The number of carbonyl (C=O) groups is 1. The molecule has 2 saturated carbocycles. The van der Waals surface area contributed by atoms with Crippen LogP contribution >= 0.6 is 11.6 Å². The number of aromatic nitrogens is 1. The number of nitrogens with zero attached hydrogens (tertiary/aromatic N) is 1. The van der Waals surface area contributed by atoms with E-state index < -0.39 is 23.9 Å². The minimum atomic E-state index is -4.54. The van der Waals surface area contributed by atoms with E-state index in [4.69, 9.17) is 11.6 Å². The Morgan fingerprint density at radius 1 is 1.06 bits per heavy atom. The van der Waals surface area contributed by atoms with Gasteiger partial charge in [-0.1, -0.05) is 37.3 Å². The molecule has 4 atom stereocenters. The Morgan fingerprint density at radius 2 is 1.71 bits per heavy atom. The summed E-state index contributed by atoms with van der Waals surface area (Å²) in [5.41, 5.74) is 0.694. The molecule has 5 nitrogen and oxygen atoms in total. The van der Waals surface area contributed by atoms with Gasteiger partial charge in [0, 0.05) is 28.7 Å². The number of hydrogen-bond donors (Lipinski definition) is 3. The number of nitrogens with one attached hydrogen (secondary N) is 1. The normalized spacial score (nSPS) is 25.5. The van der Waals surface area contributed by atoms with Gasteiger partial charge in [0.1, 0.15) is 0 Å². The zero-order chi connectivity index (χ0) is 25.3. The predicted molar refractivity (Wildman–Crippen MR) is 128 cm³/mol. The maximum Gasteiger partial charge on any atom is 0.416 e. The van der Waals surface area contributed by atoms with Gasteiger partial charge in [0.25, 0.3) is 5.91 Å². The van der Waals surface area contributed by atoms with Crippen LogP contribution < -0.4 is 5.32 Å². The van der Waals surface area contributed by atoms with E-state index in [1.165, 1.54) is 6.07 Å². The molecule has 0 bridgehead atoms. The van der Waals surface area contributed by atoms with E-state index >= 15 is 0 Å². The number of carbonyl (C=O) groups excluding carboxylic acids is 1. The lowest BCUT2D eigenvalue weighted by Crippen LogP contribution is -2.45. The molecule has 3 N–H and O–H groups in total. The van der Waals surface area contributed by atoms with Crippen molar-refractivity contribution in [1.82, 2.24) is 9.88 Å². The van der Waals surface area contributed by atoms with Crippen LogP contribution in [0.3, 0.4) is 0 Å². The van der Waals surface area contributed by atoms with Crippen LogP contribution in [0.5, 0.6) is 0 Å². The van der Waals surface area contributed by atoms with E-state index in [1.807, 2.05) is 4.57 Å². The van der Waals surface area contributed by atoms with Gasteiger partial charge in [-0.25, -0.2) is 0 Å². The molecule has 0 aliphatic heterocycles. The van der Waals surface area contributed by atoms with Gasteiger partial charge >= 0.3 is 6.18 Å². The minimum Gasteiger partial charge on any atom is -0.393 e. The maximum absolute atomic E-state index is 13.5. The Balaban J connectivity index is 1.75. The van der Waals surface area contributed by atoms with Crippen LogP contribution in [-0.4, -0.2) is 38.9 Å². The second-order valence-electron chi connectivity index (χ2n) is 9.88. The molecular weight excluding hydrogens is 481 g/mol. The van der Waals surface area contributed by atoms with Gasteiger partial charge in [0.15, 0.2) is 0 Å². The minimum absolute atomic E-state index is 0.0748. The Hall–Kier alpha value is -2.03. The average Bonchev–Trinajstić information content (AvgIpc) is 3.12. The second-order valence-corrected chi connectivity index (χ2v) is 10.3. The first-order valence-electron chi connectivity index (χ1n) is 12.3. The molecule has 1 aromatic carbocycles. The standard InChI is InChI=1S/C26H32ClF3N2O3/c1-15-18(25(35)31-21-7-3-5-9-24(21)34)13-22(32(15)14-16-6-2-4-8-23(16)33)19-12-17(26(28,29)30)10-11-20(19)27/h10-13,16,21,23-24,33-34H,2-9,14H2,1H3,(H,31,35). The van der Waals surface area contributed by atoms with E-state index in [1.54, 1.807) is 13.0 Å². The van der Waals surface area contributed by atoms with Crippen molar-refractivity contribution >= 4 is 17.5 Å². The lowest BCUT2D eigenvalue weighted by Gasteiger charge is -2.29. The molecule has 1 amide bonds. The quantitative estimate of drug-likeness (QED) is 0.479. The van der Waals surface area contributed by atoms with E-state index in [0.29, 0.717) is 42.8 Å². The molecule has 192 valence electrons. The van der Waals surface area contributed by atoms with E-state index in [9.17, 15) is 28.2 Å². The highest BCUT2D eigenvalue weighted by Gasteiger charge is 2.33. The number of halogens is 4. The number of alkyl halides is 3. The molecule has 0 radical (unpaired) electrons. The third-order valence-corrected chi connectivity index (χ3v) is 7.84. The number of aliphatic hydroxyl groups is 2. The summed E-state index contributed by atoms with van der Waals surface area (Å²) in [6, 6.07) is 4.39. The number of hydrogen-bond acceptors (Lipinski definition) is 3. The van der Waals surface area contributed by atoms with Crippen LogP contribution in [0.4, 0.5) is 13.2 Å². The first-order valence-corrected chi connectivity index (χ1v) is 12.7. The molecular formula is C26H32ClF3N2O3. The summed E-state index contributed by atoms with van der Waals surface area (Å²) in [5, 5.41) is 23.9. The maximum atomic E-state index is 13.5. The van der Waals surface area contributed by atoms with Gasteiger partial charge in [-0.05, 0) is 56.9 Å². The average molecular weight is 513 g/mol. The van der Waals surface area contributed by atoms with Crippen LogP contribution in [0, 0.1) is 12.8 Å². The monoisotopic (exact) mass is 512 g/mol. The fourth-order valence-corrected chi connectivity index (χ4v) is 5.61. The van der Waals surface area contributed by atoms with Crippen LogP contribution in [-0.2, 0) is 12.7 Å². The molecule has 2 aliphatic carbocycles. The van der Waals surface area contributed by atoms with Crippen LogP contribution in [0.25, 0.3) is 11.3 Å². The van der Waals surface area contributed by atoms with Crippen LogP contribution in [0.2, 0.25) is 5.02 Å². The van der Waals surface area contributed by atoms with Crippen molar-refractivity contribution in [3.8, 4) is 11.3 Å². The van der Waals surface area contributed by atoms with Crippen LogP contribution in [0.1, 0.15) is 73.0 Å². The van der Waals surface area contributed by atoms with Crippen molar-refractivity contribution in [2.75, 3.05) is 0 Å². The summed E-state index contributed by atoms with van der Waals surface area (Å²) in [7, 11) is 0. The van der Waals surface area contributed by atoms with E-state index in [2.05, 4.69) is 5.32 Å². The summed E-state index contributed by atoms with van der Waals surface area (Å²) >= 11 is 6.38. The topological polar surface area (TPSA) is 74.5 Å². The predicted octanol–water partition coefficient (Wildman–Crippen LogP) is 5.72. The first kappa shape index (κ1) is 26.0. The third-order valence-electron chi connectivity index (χ3n) is 7.51. The van der Waals surface area contributed by atoms with Gasteiger partial charge < -0.3 is 20.1 Å². The first-order chi connectivity index (χ1) is 16.6. The summed E-state index contributed by atoms with van der Waals surface area (Å²) < 4.78 is 42.2. The lowest BCUT2D eigenvalue weighted by molar-refractivity contribution is -0.137. The molecule has 1 aromatic heterocycles. The summed E-state index contributed by atoms with van der Waals surface area (Å²) in [4.78, 5) is 13.2. The second kappa shape index (κ2) is 10.5. The SMILES string of the molecule is Cc1c(C(=O)NC2CCCCC2O)cc(-c2cc(C(F)(F)F)ccc2Cl)n1CC1CCCCC1O. The molecule has 2 fully saturated rings. The Bertz CT molecular complexity index is 1070. The van der Waals surface area contributed by atoms with Crippen molar-refractivity contribution in [2.24, 2.45) is 5.92 Å². The molecule has 35 heavy (non-hydrogen) atoms. The molecule has 0 saturated heterocycles. The van der Waals surface area contributed by atoms with Gasteiger partial charge in [-0.3, -0.25) is 4.79 Å². The molecule has 0 spiro atoms. The van der Waals surface area contributed by atoms with Crippen LogP contribution in [0.15, 0.2) is 24.3 Å². The smallest absolute Gasteiger partial charge is 0.393 e. The molecule has 2 aromatic rings. The van der Waals surface area contributed by atoms with E-state index in [0.717, 1.165) is 44.2 Å². The van der Waals surface area contributed by atoms with Gasteiger partial charge in [-0.15, -0.1) is 0 Å². The van der Waals surface area contributed by atoms with E-state index in [-0.39, 0.29) is 28.5 Å². The van der Waals surface area contributed by atoms with Gasteiger partial charge in [0.05, 0.1) is 35.1 Å².